The number of carbonyl (C=O) groups is 1. The van der Waals surface area contributed by atoms with Gasteiger partial charge in [0.15, 0.2) is 0 Å². The molecule has 2 atom stereocenters. The Hall–Kier alpha value is -0.810. The van der Waals surface area contributed by atoms with Gasteiger partial charge in [-0.2, -0.15) is 0 Å². The SMILES string of the molecule is CCC1CCCN1C(CN)CCNC(=O)OC(C)(C)C. The van der Waals surface area contributed by atoms with Crippen LogP contribution in [0.2, 0.25) is 0 Å². The zero-order valence-electron chi connectivity index (χ0n) is 13.4. The minimum atomic E-state index is -0.445. The topological polar surface area (TPSA) is 67.6 Å². The van der Waals surface area contributed by atoms with Gasteiger partial charge in [-0.1, -0.05) is 6.92 Å². The predicted molar refractivity (Wildman–Crippen MR) is 81.7 cm³/mol. The molecule has 1 aliphatic heterocycles. The van der Waals surface area contributed by atoms with Crippen LogP contribution in [0, 0.1) is 0 Å². The van der Waals surface area contributed by atoms with Crippen LogP contribution in [0.3, 0.4) is 0 Å². The number of nitrogens with one attached hydrogen (secondary N) is 1. The predicted octanol–water partition coefficient (Wildman–Crippen LogP) is 2.10. The molecule has 1 saturated heterocycles. The molecule has 0 bridgehead atoms. The fourth-order valence-corrected chi connectivity index (χ4v) is 2.85. The lowest BCUT2D eigenvalue weighted by Gasteiger charge is -2.32. The number of nitrogens with two attached hydrogens (primary N) is 1. The minimum Gasteiger partial charge on any atom is -0.444 e. The van der Waals surface area contributed by atoms with Crippen molar-refractivity contribution in [3.63, 3.8) is 0 Å². The molecule has 1 fully saturated rings. The number of rotatable bonds is 6. The lowest BCUT2D eigenvalue weighted by atomic mass is 10.1. The third kappa shape index (κ3) is 5.67. The van der Waals surface area contributed by atoms with Crippen LogP contribution in [0.1, 0.15) is 53.4 Å². The second-order valence-electron chi connectivity index (χ2n) is 6.55. The van der Waals surface area contributed by atoms with E-state index in [2.05, 4.69) is 17.1 Å². The van der Waals surface area contributed by atoms with Gasteiger partial charge < -0.3 is 15.8 Å². The standard InChI is InChI=1S/C15H31N3O2/c1-5-12-7-6-10-18(12)13(11-16)8-9-17-14(19)20-15(2,3)4/h12-13H,5-11,16H2,1-4H3,(H,17,19). The molecule has 3 N–H and O–H groups in total. The van der Waals surface area contributed by atoms with Gasteiger partial charge >= 0.3 is 6.09 Å². The number of amides is 1. The molecule has 0 saturated carbocycles. The van der Waals surface area contributed by atoms with Crippen molar-refractivity contribution < 1.29 is 9.53 Å². The van der Waals surface area contributed by atoms with E-state index in [1.54, 1.807) is 0 Å². The van der Waals surface area contributed by atoms with Crippen LogP contribution in [0.4, 0.5) is 4.79 Å². The number of alkyl carbamates (subject to hydrolysis) is 1. The Bertz CT molecular complexity index is 302. The van der Waals surface area contributed by atoms with E-state index in [9.17, 15) is 4.79 Å². The minimum absolute atomic E-state index is 0.346. The van der Waals surface area contributed by atoms with Crippen LogP contribution >= 0.6 is 0 Å². The van der Waals surface area contributed by atoms with Crippen molar-refractivity contribution in [1.29, 1.82) is 0 Å². The molecule has 0 radical (unpaired) electrons. The molecule has 0 aromatic heterocycles. The summed E-state index contributed by atoms with van der Waals surface area (Å²) in [6.07, 6.45) is 4.24. The van der Waals surface area contributed by atoms with Gasteiger partial charge in [0.1, 0.15) is 5.60 Å². The Kier molecular flexibility index (Phi) is 6.76. The van der Waals surface area contributed by atoms with E-state index in [-0.39, 0.29) is 6.09 Å². The van der Waals surface area contributed by atoms with Crippen molar-refractivity contribution in [2.24, 2.45) is 5.73 Å². The zero-order valence-corrected chi connectivity index (χ0v) is 13.4. The summed E-state index contributed by atoms with van der Waals surface area (Å²) in [7, 11) is 0. The highest BCUT2D eigenvalue weighted by atomic mass is 16.6. The van der Waals surface area contributed by atoms with Gasteiger partial charge in [-0.25, -0.2) is 4.79 Å². The van der Waals surface area contributed by atoms with Gasteiger partial charge in [-0.05, 0) is 53.0 Å². The van der Waals surface area contributed by atoms with Crippen molar-refractivity contribution in [3.8, 4) is 0 Å². The van der Waals surface area contributed by atoms with E-state index in [0.717, 1.165) is 13.0 Å². The first-order valence-corrected chi connectivity index (χ1v) is 7.80. The lowest BCUT2D eigenvalue weighted by Crippen LogP contribution is -2.45. The second-order valence-corrected chi connectivity index (χ2v) is 6.55. The lowest BCUT2D eigenvalue weighted by molar-refractivity contribution is 0.0521. The summed E-state index contributed by atoms with van der Waals surface area (Å²) in [5.41, 5.74) is 5.46. The molecule has 1 heterocycles. The Balaban J connectivity index is 2.33. The van der Waals surface area contributed by atoms with Gasteiger partial charge in [0.2, 0.25) is 0 Å². The molecule has 118 valence electrons. The average molecular weight is 285 g/mol. The summed E-state index contributed by atoms with van der Waals surface area (Å²) in [5, 5.41) is 2.82. The van der Waals surface area contributed by atoms with Gasteiger partial charge in [-0.15, -0.1) is 0 Å². The summed E-state index contributed by atoms with van der Waals surface area (Å²) in [6, 6.07) is 1.02. The molecule has 0 aliphatic carbocycles. The van der Waals surface area contributed by atoms with Crippen LogP contribution in [0.15, 0.2) is 0 Å². The van der Waals surface area contributed by atoms with Crippen molar-refractivity contribution in [1.82, 2.24) is 10.2 Å². The van der Waals surface area contributed by atoms with Crippen LogP contribution in [0.25, 0.3) is 0 Å². The van der Waals surface area contributed by atoms with Gasteiger partial charge in [0, 0.05) is 25.2 Å². The molecule has 1 rings (SSSR count). The highest BCUT2D eigenvalue weighted by Crippen LogP contribution is 2.23. The van der Waals surface area contributed by atoms with Gasteiger partial charge in [0.25, 0.3) is 0 Å². The molecule has 20 heavy (non-hydrogen) atoms. The fraction of sp³-hybridized carbons (Fsp3) is 0.933. The molecule has 5 nitrogen and oxygen atoms in total. The normalized spacial score (nSPS) is 21.8. The number of likely N-dealkylation sites (tertiary alicyclic amines) is 1. The van der Waals surface area contributed by atoms with Crippen LogP contribution in [-0.4, -0.2) is 48.3 Å². The molecule has 0 aromatic carbocycles. The fourth-order valence-electron chi connectivity index (χ4n) is 2.85. The molecule has 2 unspecified atom stereocenters. The van der Waals surface area contributed by atoms with Crippen LogP contribution < -0.4 is 11.1 Å². The molecular weight excluding hydrogens is 254 g/mol. The Morgan fingerprint density at radius 3 is 2.75 bits per heavy atom. The van der Waals surface area contributed by atoms with E-state index >= 15 is 0 Å². The quantitative estimate of drug-likeness (QED) is 0.784. The largest absolute Gasteiger partial charge is 0.444 e. The molecule has 1 aliphatic rings. The first kappa shape index (κ1) is 17.2. The average Bonchev–Trinajstić information content (AvgIpc) is 2.80. The van der Waals surface area contributed by atoms with Crippen LogP contribution in [0.5, 0.6) is 0 Å². The Labute approximate surface area is 123 Å². The van der Waals surface area contributed by atoms with E-state index in [4.69, 9.17) is 10.5 Å². The van der Waals surface area contributed by atoms with E-state index < -0.39 is 5.60 Å². The number of nitrogens with zero attached hydrogens (tertiary/aromatic N) is 1. The van der Waals surface area contributed by atoms with Gasteiger partial charge in [0.05, 0.1) is 0 Å². The molecule has 1 amide bonds. The van der Waals surface area contributed by atoms with Gasteiger partial charge in [-0.3, -0.25) is 4.90 Å². The summed E-state index contributed by atoms with van der Waals surface area (Å²) in [6.45, 7) is 10.2. The molecular formula is C15H31N3O2. The molecule has 0 aromatic rings. The third-order valence-electron chi connectivity index (χ3n) is 3.78. The van der Waals surface area contributed by atoms with Crippen molar-refractivity contribution >= 4 is 6.09 Å². The second kappa shape index (κ2) is 7.84. The van der Waals surface area contributed by atoms with Crippen LogP contribution in [-0.2, 0) is 4.74 Å². The highest BCUT2D eigenvalue weighted by molar-refractivity contribution is 5.67. The van der Waals surface area contributed by atoms with Crippen molar-refractivity contribution in [2.45, 2.75) is 71.1 Å². The smallest absolute Gasteiger partial charge is 0.407 e. The number of ether oxygens (including phenoxy) is 1. The highest BCUT2D eigenvalue weighted by Gasteiger charge is 2.28. The summed E-state index contributed by atoms with van der Waals surface area (Å²) < 4.78 is 5.23. The zero-order chi connectivity index (χ0) is 15.2. The maximum absolute atomic E-state index is 11.6. The van der Waals surface area contributed by atoms with Crippen molar-refractivity contribution in [2.75, 3.05) is 19.6 Å². The Morgan fingerprint density at radius 1 is 1.50 bits per heavy atom. The Morgan fingerprint density at radius 2 is 2.20 bits per heavy atom. The van der Waals surface area contributed by atoms with E-state index in [1.165, 1.54) is 19.3 Å². The third-order valence-corrected chi connectivity index (χ3v) is 3.78. The summed E-state index contributed by atoms with van der Waals surface area (Å²) >= 11 is 0. The molecule has 5 heteroatoms. The first-order valence-electron chi connectivity index (χ1n) is 7.80. The summed E-state index contributed by atoms with van der Waals surface area (Å²) in [5.74, 6) is 0. The maximum atomic E-state index is 11.6. The number of hydrogen-bond acceptors (Lipinski definition) is 4. The molecule has 0 spiro atoms. The monoisotopic (exact) mass is 285 g/mol. The number of carbonyl (C=O) groups excluding carboxylic acids is 1. The summed E-state index contributed by atoms with van der Waals surface area (Å²) in [4.78, 5) is 14.1. The van der Waals surface area contributed by atoms with E-state index in [1.807, 2.05) is 20.8 Å². The first-order chi connectivity index (χ1) is 9.37. The van der Waals surface area contributed by atoms with E-state index in [0.29, 0.717) is 25.2 Å². The van der Waals surface area contributed by atoms with Crippen molar-refractivity contribution in [3.05, 3.63) is 0 Å². The maximum Gasteiger partial charge on any atom is 0.407 e. The number of hydrogen-bond donors (Lipinski definition) is 2.